The van der Waals surface area contributed by atoms with Crippen molar-refractivity contribution >= 4 is 23.9 Å². The SMILES string of the molecule is O=C(O)CNCCN(CCN(CC(=O)O)CC(Cc1ccccc1)NCC(=O)O)CC(=O)O. The number of hydrogen-bond donors (Lipinski definition) is 6. The monoisotopic (exact) mass is 468 g/mol. The van der Waals surface area contributed by atoms with E-state index in [9.17, 15) is 24.3 Å². The van der Waals surface area contributed by atoms with E-state index in [0.717, 1.165) is 5.56 Å². The average Bonchev–Trinajstić information content (AvgIpc) is 2.72. The van der Waals surface area contributed by atoms with Crippen LogP contribution in [0, 0.1) is 0 Å². The summed E-state index contributed by atoms with van der Waals surface area (Å²) in [5.74, 6) is -4.16. The summed E-state index contributed by atoms with van der Waals surface area (Å²) in [5.41, 5.74) is 0.965. The fourth-order valence-corrected chi connectivity index (χ4v) is 3.25. The molecule has 6 N–H and O–H groups in total. The van der Waals surface area contributed by atoms with Crippen molar-refractivity contribution in [3.63, 3.8) is 0 Å². The first-order valence-corrected chi connectivity index (χ1v) is 10.5. The first kappa shape index (κ1) is 28.0. The van der Waals surface area contributed by atoms with Crippen LogP contribution in [0.15, 0.2) is 30.3 Å². The molecule has 1 aromatic carbocycles. The van der Waals surface area contributed by atoms with Crippen molar-refractivity contribution in [1.29, 1.82) is 0 Å². The van der Waals surface area contributed by atoms with Gasteiger partial charge in [0.25, 0.3) is 0 Å². The van der Waals surface area contributed by atoms with Crippen molar-refractivity contribution in [2.24, 2.45) is 0 Å². The smallest absolute Gasteiger partial charge is 0.317 e. The largest absolute Gasteiger partial charge is 0.480 e. The van der Waals surface area contributed by atoms with Gasteiger partial charge in [-0.15, -0.1) is 0 Å². The van der Waals surface area contributed by atoms with Crippen LogP contribution in [0.3, 0.4) is 0 Å². The summed E-state index contributed by atoms with van der Waals surface area (Å²) >= 11 is 0. The van der Waals surface area contributed by atoms with E-state index in [4.69, 9.17) is 15.3 Å². The van der Waals surface area contributed by atoms with E-state index in [1.165, 1.54) is 0 Å². The summed E-state index contributed by atoms with van der Waals surface area (Å²) in [7, 11) is 0. The third-order valence-corrected chi connectivity index (χ3v) is 4.68. The van der Waals surface area contributed by atoms with Crippen LogP contribution >= 0.6 is 0 Å². The van der Waals surface area contributed by atoms with Gasteiger partial charge in [-0.1, -0.05) is 30.3 Å². The normalized spacial score (nSPS) is 12.1. The molecule has 33 heavy (non-hydrogen) atoms. The molecule has 0 bridgehead atoms. The number of benzene rings is 1. The van der Waals surface area contributed by atoms with Crippen molar-refractivity contribution in [2.45, 2.75) is 12.5 Å². The predicted molar refractivity (Wildman–Crippen MR) is 118 cm³/mol. The number of carbonyl (C=O) groups is 4. The minimum Gasteiger partial charge on any atom is -0.480 e. The quantitative estimate of drug-likeness (QED) is 0.133. The van der Waals surface area contributed by atoms with Gasteiger partial charge in [-0.25, -0.2) is 0 Å². The minimum absolute atomic E-state index is 0.235. The van der Waals surface area contributed by atoms with Gasteiger partial charge in [0.1, 0.15) is 0 Å². The van der Waals surface area contributed by atoms with Gasteiger partial charge in [0, 0.05) is 38.8 Å². The third kappa shape index (κ3) is 14.6. The molecule has 0 aromatic heterocycles. The molecule has 0 saturated heterocycles. The first-order chi connectivity index (χ1) is 15.7. The molecule has 0 spiro atoms. The number of rotatable bonds is 19. The number of aliphatic carboxylic acids is 4. The molecular formula is C21H32N4O8. The minimum atomic E-state index is -1.06. The molecule has 0 aliphatic rings. The van der Waals surface area contributed by atoms with Crippen LogP contribution in [0.5, 0.6) is 0 Å². The number of nitrogens with one attached hydrogen (secondary N) is 2. The maximum absolute atomic E-state index is 11.4. The maximum Gasteiger partial charge on any atom is 0.317 e. The summed E-state index contributed by atoms with van der Waals surface area (Å²) in [5, 5.41) is 41.8. The summed E-state index contributed by atoms with van der Waals surface area (Å²) in [6.45, 7) is 0.150. The molecule has 1 rings (SSSR count). The molecule has 0 fully saturated rings. The molecule has 0 aliphatic heterocycles. The Morgan fingerprint density at radius 3 is 1.91 bits per heavy atom. The van der Waals surface area contributed by atoms with Crippen LogP contribution in [-0.2, 0) is 25.6 Å². The van der Waals surface area contributed by atoms with Crippen molar-refractivity contribution in [3.05, 3.63) is 35.9 Å². The van der Waals surface area contributed by atoms with Crippen molar-refractivity contribution in [1.82, 2.24) is 20.4 Å². The van der Waals surface area contributed by atoms with Crippen LogP contribution in [0.1, 0.15) is 5.56 Å². The zero-order valence-electron chi connectivity index (χ0n) is 18.4. The van der Waals surface area contributed by atoms with E-state index in [1.807, 2.05) is 30.3 Å². The lowest BCUT2D eigenvalue weighted by Crippen LogP contribution is -2.48. The Balaban J connectivity index is 2.78. The molecule has 12 nitrogen and oxygen atoms in total. The lowest BCUT2D eigenvalue weighted by atomic mass is 10.1. The maximum atomic E-state index is 11.4. The van der Waals surface area contributed by atoms with Gasteiger partial charge in [0.15, 0.2) is 0 Å². The van der Waals surface area contributed by atoms with Crippen LogP contribution in [0.4, 0.5) is 0 Å². The Morgan fingerprint density at radius 1 is 0.758 bits per heavy atom. The van der Waals surface area contributed by atoms with E-state index in [1.54, 1.807) is 9.80 Å². The Labute approximate surface area is 191 Å². The predicted octanol–water partition coefficient (Wildman–Crippen LogP) is -1.28. The second-order valence-electron chi connectivity index (χ2n) is 7.53. The van der Waals surface area contributed by atoms with Gasteiger partial charge < -0.3 is 31.1 Å². The molecule has 184 valence electrons. The fraction of sp³-hybridized carbons (Fsp3) is 0.524. The van der Waals surface area contributed by atoms with E-state index < -0.39 is 23.9 Å². The lowest BCUT2D eigenvalue weighted by Gasteiger charge is -2.29. The highest BCUT2D eigenvalue weighted by atomic mass is 16.4. The lowest BCUT2D eigenvalue weighted by molar-refractivity contribution is -0.140. The molecule has 0 saturated carbocycles. The second-order valence-corrected chi connectivity index (χ2v) is 7.53. The molecule has 0 radical (unpaired) electrons. The number of carboxylic acid groups (broad SMARTS) is 4. The number of nitrogens with zero attached hydrogens (tertiary/aromatic N) is 2. The van der Waals surface area contributed by atoms with Gasteiger partial charge in [-0.3, -0.25) is 29.0 Å². The zero-order valence-corrected chi connectivity index (χ0v) is 18.4. The molecule has 0 heterocycles. The Kier molecular flexibility index (Phi) is 13.3. The molecular weight excluding hydrogens is 436 g/mol. The van der Waals surface area contributed by atoms with Gasteiger partial charge in [0.05, 0.1) is 26.2 Å². The van der Waals surface area contributed by atoms with Gasteiger partial charge in [0.2, 0.25) is 0 Å². The summed E-state index contributed by atoms with van der Waals surface area (Å²) in [4.78, 5) is 47.4. The van der Waals surface area contributed by atoms with Crippen LogP contribution in [0.25, 0.3) is 0 Å². The molecule has 1 atom stereocenters. The average molecular weight is 469 g/mol. The Bertz CT molecular complexity index is 762. The summed E-state index contributed by atoms with van der Waals surface area (Å²) in [6, 6.07) is 9.04. The van der Waals surface area contributed by atoms with Gasteiger partial charge in [-0.05, 0) is 12.0 Å². The topological polar surface area (TPSA) is 180 Å². The van der Waals surface area contributed by atoms with E-state index in [-0.39, 0.29) is 64.9 Å². The van der Waals surface area contributed by atoms with Crippen LogP contribution in [0.2, 0.25) is 0 Å². The van der Waals surface area contributed by atoms with Crippen molar-refractivity contribution in [3.8, 4) is 0 Å². The molecule has 1 unspecified atom stereocenters. The molecule has 1 aromatic rings. The van der Waals surface area contributed by atoms with Crippen molar-refractivity contribution in [2.75, 3.05) is 58.9 Å². The van der Waals surface area contributed by atoms with E-state index in [0.29, 0.717) is 6.42 Å². The third-order valence-electron chi connectivity index (χ3n) is 4.68. The fourth-order valence-electron chi connectivity index (χ4n) is 3.25. The Hall–Kier alpha value is -3.06. The number of hydrogen-bond acceptors (Lipinski definition) is 8. The van der Waals surface area contributed by atoms with Gasteiger partial charge >= 0.3 is 23.9 Å². The summed E-state index contributed by atoms with van der Waals surface area (Å²) in [6.07, 6.45) is 0.488. The number of carboxylic acids is 4. The molecule has 0 aliphatic carbocycles. The van der Waals surface area contributed by atoms with Crippen molar-refractivity contribution < 1.29 is 39.6 Å². The highest BCUT2D eigenvalue weighted by molar-refractivity contribution is 5.70. The van der Waals surface area contributed by atoms with Crippen LogP contribution < -0.4 is 10.6 Å². The van der Waals surface area contributed by atoms with Crippen LogP contribution in [-0.4, -0.2) is 119 Å². The summed E-state index contributed by atoms with van der Waals surface area (Å²) < 4.78 is 0. The second kappa shape index (κ2) is 15.7. The first-order valence-electron chi connectivity index (χ1n) is 10.5. The Morgan fingerprint density at radius 2 is 1.33 bits per heavy atom. The van der Waals surface area contributed by atoms with Gasteiger partial charge in [-0.2, -0.15) is 0 Å². The van der Waals surface area contributed by atoms with E-state index in [2.05, 4.69) is 10.6 Å². The highest BCUT2D eigenvalue weighted by Gasteiger charge is 2.19. The molecule has 0 amide bonds. The van der Waals surface area contributed by atoms with E-state index >= 15 is 0 Å². The zero-order chi connectivity index (χ0) is 24.6. The highest BCUT2D eigenvalue weighted by Crippen LogP contribution is 2.06. The standard InChI is InChI=1S/C21H32N4O8/c26-18(27)11-22-6-7-24(14-20(30)31)8-9-25(15-21(32)33)13-17(23-12-19(28)29)10-16-4-2-1-3-5-16/h1-5,17,22-23H,6-15H2,(H,26,27)(H,28,29)(H,30,31)(H,32,33). The molecule has 12 heteroatoms.